The van der Waals surface area contributed by atoms with Crippen molar-refractivity contribution in [1.29, 1.82) is 0 Å². The monoisotopic (exact) mass is 512 g/mol. The Balaban J connectivity index is 1.27. The fourth-order valence-electron chi connectivity index (χ4n) is 4.50. The van der Waals surface area contributed by atoms with E-state index in [0.29, 0.717) is 0 Å². The number of ether oxygens (including phenoxy) is 1. The highest BCUT2D eigenvalue weighted by Gasteiger charge is 2.04. The highest BCUT2D eigenvalue weighted by atomic mass is 16.6. The number of unbranched alkanes of at least 4 members (excludes halogenated alkanes) is 12. The molecule has 7 heteroatoms. The molecule has 0 heterocycles. The molecule has 0 N–H and O–H groups in total. The van der Waals surface area contributed by atoms with Gasteiger partial charge in [-0.3, -0.25) is 20.2 Å². The van der Waals surface area contributed by atoms with Gasteiger partial charge in [0.05, 0.1) is 9.85 Å². The lowest BCUT2D eigenvalue weighted by Crippen LogP contribution is -1.97. The summed E-state index contributed by atoms with van der Waals surface area (Å²) >= 11 is 0. The van der Waals surface area contributed by atoms with E-state index in [4.69, 9.17) is 4.74 Å². The van der Waals surface area contributed by atoms with Gasteiger partial charge in [-0.25, -0.2) is 0 Å². The summed E-state index contributed by atoms with van der Waals surface area (Å²) in [7, 11) is 0. The van der Waals surface area contributed by atoms with Crippen molar-refractivity contribution in [2.24, 2.45) is 0 Å². The minimum Gasteiger partial charge on any atom is -0.381 e. The van der Waals surface area contributed by atoms with Gasteiger partial charge in [-0.15, -0.1) is 0 Å². The molecule has 204 valence electrons. The minimum atomic E-state index is -0.352. The Morgan fingerprint density at radius 3 is 1.08 bits per heavy atom. The smallest absolute Gasteiger partial charge is 0.269 e. The van der Waals surface area contributed by atoms with E-state index in [9.17, 15) is 20.2 Å². The number of hydrogen-bond acceptors (Lipinski definition) is 5. The molecule has 0 amide bonds. The Bertz CT molecular complexity index is 810. The lowest BCUT2D eigenvalue weighted by molar-refractivity contribution is -0.385. The molecule has 0 atom stereocenters. The van der Waals surface area contributed by atoms with E-state index in [1.54, 1.807) is 24.3 Å². The summed E-state index contributed by atoms with van der Waals surface area (Å²) in [5.41, 5.74) is 2.68. The minimum absolute atomic E-state index is 0.162. The summed E-state index contributed by atoms with van der Waals surface area (Å²) in [6.07, 6.45) is 19.1. The van der Waals surface area contributed by atoms with Gasteiger partial charge < -0.3 is 4.74 Å². The van der Waals surface area contributed by atoms with Crippen molar-refractivity contribution < 1.29 is 14.6 Å². The molecule has 0 unspecified atom stereocenters. The predicted molar refractivity (Wildman–Crippen MR) is 149 cm³/mol. The van der Waals surface area contributed by atoms with Gasteiger partial charge in [-0.05, 0) is 49.7 Å². The third-order valence-corrected chi connectivity index (χ3v) is 6.80. The van der Waals surface area contributed by atoms with Crippen molar-refractivity contribution in [2.45, 2.75) is 103 Å². The van der Waals surface area contributed by atoms with E-state index in [2.05, 4.69) is 0 Å². The van der Waals surface area contributed by atoms with E-state index < -0.39 is 0 Å². The van der Waals surface area contributed by atoms with Crippen LogP contribution in [0.4, 0.5) is 11.4 Å². The van der Waals surface area contributed by atoms with E-state index in [1.807, 2.05) is 24.3 Å². The molecular weight excluding hydrogens is 468 g/mol. The van der Waals surface area contributed by atoms with Gasteiger partial charge in [0.25, 0.3) is 11.4 Å². The summed E-state index contributed by atoms with van der Waals surface area (Å²) in [4.78, 5) is 20.7. The zero-order chi connectivity index (χ0) is 26.6. The van der Waals surface area contributed by atoms with Crippen molar-refractivity contribution in [1.82, 2.24) is 0 Å². The number of rotatable bonds is 22. The maximum Gasteiger partial charge on any atom is 0.269 e. The molecule has 0 saturated heterocycles. The van der Waals surface area contributed by atoms with Crippen LogP contribution in [0.5, 0.6) is 0 Å². The Morgan fingerprint density at radius 2 is 0.757 bits per heavy atom. The molecule has 2 rings (SSSR count). The first-order chi connectivity index (χ1) is 18.1. The van der Waals surface area contributed by atoms with Gasteiger partial charge >= 0.3 is 0 Å². The van der Waals surface area contributed by atoms with Gasteiger partial charge in [0, 0.05) is 37.5 Å². The van der Waals surface area contributed by atoms with Crippen molar-refractivity contribution in [3.63, 3.8) is 0 Å². The molecule has 0 aliphatic carbocycles. The molecule has 0 fully saturated rings. The zero-order valence-corrected chi connectivity index (χ0v) is 22.3. The lowest BCUT2D eigenvalue weighted by atomic mass is 10.0. The van der Waals surface area contributed by atoms with Gasteiger partial charge in [-0.2, -0.15) is 0 Å². The van der Waals surface area contributed by atoms with Crippen LogP contribution in [-0.4, -0.2) is 23.1 Å². The maximum absolute atomic E-state index is 10.7. The Morgan fingerprint density at radius 1 is 0.459 bits per heavy atom. The first kappa shape index (κ1) is 30.4. The van der Waals surface area contributed by atoms with Gasteiger partial charge in [0.15, 0.2) is 0 Å². The number of nitro benzene ring substituents is 2. The fraction of sp³-hybridized carbons (Fsp3) is 0.600. The molecule has 0 aliphatic heterocycles. The van der Waals surface area contributed by atoms with Crippen LogP contribution in [0, 0.1) is 20.2 Å². The number of benzene rings is 2. The Hall–Kier alpha value is -2.80. The molecule has 0 spiro atoms. The van der Waals surface area contributed by atoms with Crippen LogP contribution in [0.25, 0.3) is 0 Å². The van der Waals surface area contributed by atoms with Crippen LogP contribution < -0.4 is 0 Å². The van der Waals surface area contributed by atoms with E-state index in [0.717, 1.165) is 51.7 Å². The summed E-state index contributed by atoms with van der Waals surface area (Å²) in [6.45, 7) is 1.76. The van der Waals surface area contributed by atoms with Crippen LogP contribution >= 0.6 is 0 Å². The molecule has 2 aromatic rings. The molecule has 0 radical (unpaired) electrons. The number of hydrogen-bond donors (Lipinski definition) is 0. The van der Waals surface area contributed by atoms with Gasteiger partial charge in [0.2, 0.25) is 0 Å². The van der Waals surface area contributed by atoms with E-state index in [-0.39, 0.29) is 21.2 Å². The Kier molecular flexibility index (Phi) is 15.9. The molecular formula is C30H44N2O5. The quantitative estimate of drug-likeness (QED) is 0.0892. The third-order valence-electron chi connectivity index (χ3n) is 6.80. The average Bonchev–Trinajstić information content (AvgIpc) is 2.90. The highest BCUT2D eigenvalue weighted by Crippen LogP contribution is 2.16. The lowest BCUT2D eigenvalue weighted by Gasteiger charge is -2.05. The summed E-state index contributed by atoms with van der Waals surface area (Å²) in [5, 5.41) is 21.4. The van der Waals surface area contributed by atoms with Crippen LogP contribution in [0.15, 0.2) is 48.5 Å². The van der Waals surface area contributed by atoms with Crippen LogP contribution in [0.1, 0.15) is 101 Å². The first-order valence-electron chi connectivity index (χ1n) is 14.1. The SMILES string of the molecule is O=[N+]([O-])c1ccc(CCCCCCCCCOCCCCCCCCCc2ccc([N+](=O)[O-])cc2)cc1. The van der Waals surface area contributed by atoms with Crippen LogP contribution in [0.3, 0.4) is 0 Å². The van der Waals surface area contributed by atoms with Gasteiger partial charge in [0.1, 0.15) is 0 Å². The number of non-ortho nitro benzene ring substituents is 2. The normalized spacial score (nSPS) is 11.0. The van der Waals surface area contributed by atoms with Crippen molar-refractivity contribution in [3.05, 3.63) is 79.9 Å². The number of nitrogens with zero attached hydrogens (tertiary/aromatic N) is 2. The molecule has 0 aromatic heterocycles. The molecule has 7 nitrogen and oxygen atoms in total. The predicted octanol–water partition coefficient (Wildman–Crippen LogP) is 8.77. The Labute approximate surface area is 221 Å². The molecule has 0 saturated carbocycles. The van der Waals surface area contributed by atoms with E-state index >= 15 is 0 Å². The topological polar surface area (TPSA) is 95.5 Å². The second-order valence-electron chi connectivity index (χ2n) is 9.91. The van der Waals surface area contributed by atoms with Gasteiger partial charge in [-0.1, -0.05) is 88.5 Å². The fourth-order valence-corrected chi connectivity index (χ4v) is 4.50. The summed E-state index contributed by atoms with van der Waals surface area (Å²) in [5.74, 6) is 0. The van der Waals surface area contributed by atoms with Crippen LogP contribution in [-0.2, 0) is 17.6 Å². The maximum atomic E-state index is 10.7. The second-order valence-corrected chi connectivity index (χ2v) is 9.91. The second kappa shape index (κ2) is 19.3. The third kappa shape index (κ3) is 14.5. The van der Waals surface area contributed by atoms with E-state index in [1.165, 1.54) is 75.3 Å². The standard InChI is InChI=1S/C30H44N2O5/c33-31(34)29-21-17-27(18-22-29)15-11-7-3-1-5-9-13-25-37-26-14-10-6-2-4-8-12-16-28-19-23-30(24-20-28)32(35)36/h17-24H,1-16,25-26H2. The molecule has 2 aromatic carbocycles. The molecule has 0 aliphatic rings. The average molecular weight is 513 g/mol. The zero-order valence-electron chi connectivity index (χ0n) is 22.3. The van der Waals surface area contributed by atoms with Crippen LogP contribution in [0.2, 0.25) is 0 Å². The highest BCUT2D eigenvalue weighted by molar-refractivity contribution is 5.33. The van der Waals surface area contributed by atoms with Crippen molar-refractivity contribution in [3.8, 4) is 0 Å². The first-order valence-corrected chi connectivity index (χ1v) is 14.1. The van der Waals surface area contributed by atoms with Crippen molar-refractivity contribution in [2.75, 3.05) is 13.2 Å². The largest absolute Gasteiger partial charge is 0.381 e. The molecule has 0 bridgehead atoms. The summed E-state index contributed by atoms with van der Waals surface area (Å²) < 4.78 is 5.78. The number of nitro groups is 2. The van der Waals surface area contributed by atoms with Crippen molar-refractivity contribution >= 4 is 11.4 Å². The summed E-state index contributed by atoms with van der Waals surface area (Å²) in [6, 6.07) is 13.8. The molecule has 37 heavy (non-hydrogen) atoms. The number of aryl methyl sites for hydroxylation is 2.